The maximum absolute atomic E-state index is 11.9. The van der Waals surface area contributed by atoms with Crippen molar-refractivity contribution in [3.63, 3.8) is 0 Å². The number of hydrogen-bond donors (Lipinski definition) is 3. The number of benzene rings is 2. The monoisotopic (exact) mass is 338 g/mol. The number of aromatic nitrogens is 1. The smallest absolute Gasteiger partial charge is 0.315 e. The quantitative estimate of drug-likeness (QED) is 0.636. The molecule has 0 aliphatic carbocycles. The highest BCUT2D eigenvalue weighted by molar-refractivity contribution is 7.13. The van der Waals surface area contributed by atoms with Gasteiger partial charge >= 0.3 is 11.8 Å². The molecule has 6 nitrogen and oxygen atoms in total. The molecule has 2 aromatic carbocycles. The maximum atomic E-state index is 11.9. The normalized spacial score (nSPS) is 10.0. The van der Waals surface area contributed by atoms with E-state index in [1.807, 2.05) is 42.5 Å². The number of anilines is 4. The lowest BCUT2D eigenvalue weighted by atomic mass is 10.2. The number of nitrogens with zero attached hydrogens (tertiary/aromatic N) is 1. The average Bonchev–Trinajstić information content (AvgIpc) is 3.10. The van der Waals surface area contributed by atoms with Crippen LogP contribution >= 0.6 is 11.3 Å². The van der Waals surface area contributed by atoms with E-state index in [4.69, 9.17) is 0 Å². The predicted octanol–water partition coefficient (Wildman–Crippen LogP) is 3.46. The van der Waals surface area contributed by atoms with Gasteiger partial charge in [0.05, 0.1) is 0 Å². The first-order valence-corrected chi connectivity index (χ1v) is 8.02. The number of carbonyl (C=O) groups is 2. The van der Waals surface area contributed by atoms with Crippen LogP contribution in [0.1, 0.15) is 0 Å². The summed E-state index contributed by atoms with van der Waals surface area (Å²) >= 11 is 1.25. The Morgan fingerprint density at radius 3 is 2.08 bits per heavy atom. The van der Waals surface area contributed by atoms with Crippen LogP contribution in [0, 0.1) is 0 Å². The summed E-state index contributed by atoms with van der Waals surface area (Å²) in [6.45, 7) is 0. The van der Waals surface area contributed by atoms with Gasteiger partial charge in [0, 0.05) is 28.6 Å². The molecule has 0 saturated carbocycles. The van der Waals surface area contributed by atoms with Crippen molar-refractivity contribution in [3.05, 3.63) is 66.2 Å². The van der Waals surface area contributed by atoms with E-state index in [2.05, 4.69) is 20.9 Å². The Morgan fingerprint density at radius 1 is 0.792 bits per heavy atom. The van der Waals surface area contributed by atoms with Crippen LogP contribution in [0.3, 0.4) is 0 Å². The first-order valence-electron chi connectivity index (χ1n) is 7.15. The number of para-hydroxylation sites is 1. The number of carbonyl (C=O) groups excluding carboxylic acids is 2. The minimum Gasteiger partial charge on any atom is -0.356 e. The third-order valence-corrected chi connectivity index (χ3v) is 3.75. The second-order valence-electron chi connectivity index (χ2n) is 4.81. The molecule has 0 bridgehead atoms. The van der Waals surface area contributed by atoms with Crippen molar-refractivity contribution < 1.29 is 9.59 Å². The van der Waals surface area contributed by atoms with Gasteiger partial charge in [0.2, 0.25) is 0 Å². The van der Waals surface area contributed by atoms with Gasteiger partial charge in [0.25, 0.3) is 0 Å². The standard InChI is InChI=1S/C17H14N4O2S/c22-15(16(23)21-17-18-10-11-24-17)20-14-8-6-13(7-9-14)19-12-4-2-1-3-5-12/h1-11,19H,(H,20,22)(H,18,21,23). The summed E-state index contributed by atoms with van der Waals surface area (Å²) in [6, 6.07) is 16.8. The lowest BCUT2D eigenvalue weighted by molar-refractivity contribution is -0.132. The van der Waals surface area contributed by atoms with Gasteiger partial charge in [-0.2, -0.15) is 0 Å². The molecule has 0 spiro atoms. The molecule has 1 aromatic heterocycles. The van der Waals surface area contributed by atoms with E-state index in [9.17, 15) is 9.59 Å². The van der Waals surface area contributed by atoms with Gasteiger partial charge in [0.1, 0.15) is 0 Å². The largest absolute Gasteiger partial charge is 0.356 e. The Morgan fingerprint density at radius 2 is 1.42 bits per heavy atom. The van der Waals surface area contributed by atoms with Crippen LogP contribution in [0.25, 0.3) is 0 Å². The van der Waals surface area contributed by atoms with Crippen LogP contribution in [0.15, 0.2) is 66.2 Å². The summed E-state index contributed by atoms with van der Waals surface area (Å²) in [6.07, 6.45) is 1.55. The number of rotatable bonds is 4. The molecular formula is C17H14N4O2S. The molecule has 0 atom stereocenters. The first-order chi connectivity index (χ1) is 11.7. The molecule has 2 amide bonds. The van der Waals surface area contributed by atoms with Crippen molar-refractivity contribution in [2.45, 2.75) is 0 Å². The van der Waals surface area contributed by atoms with Crippen LogP contribution in [-0.2, 0) is 9.59 Å². The molecule has 7 heteroatoms. The van der Waals surface area contributed by atoms with Crippen LogP contribution < -0.4 is 16.0 Å². The van der Waals surface area contributed by atoms with Crippen LogP contribution in [0.2, 0.25) is 0 Å². The van der Waals surface area contributed by atoms with Crippen molar-refractivity contribution >= 4 is 45.3 Å². The number of thiazole rings is 1. The Hall–Kier alpha value is -3.19. The first kappa shape index (κ1) is 15.7. The molecule has 3 aromatic rings. The van der Waals surface area contributed by atoms with Crippen molar-refractivity contribution in [3.8, 4) is 0 Å². The molecular weight excluding hydrogens is 324 g/mol. The van der Waals surface area contributed by atoms with E-state index in [-0.39, 0.29) is 0 Å². The number of amides is 2. The Labute approximate surface area is 142 Å². The van der Waals surface area contributed by atoms with Crippen molar-refractivity contribution in [2.75, 3.05) is 16.0 Å². The maximum Gasteiger partial charge on any atom is 0.315 e. The highest BCUT2D eigenvalue weighted by Gasteiger charge is 2.14. The zero-order valence-corrected chi connectivity index (χ0v) is 13.3. The van der Waals surface area contributed by atoms with E-state index in [1.165, 1.54) is 11.3 Å². The third-order valence-electron chi connectivity index (χ3n) is 3.06. The molecule has 24 heavy (non-hydrogen) atoms. The molecule has 3 N–H and O–H groups in total. The fourth-order valence-corrected chi connectivity index (χ4v) is 2.48. The van der Waals surface area contributed by atoms with Gasteiger partial charge in [-0.3, -0.25) is 14.9 Å². The second-order valence-corrected chi connectivity index (χ2v) is 5.71. The summed E-state index contributed by atoms with van der Waals surface area (Å²) in [4.78, 5) is 27.5. The zero-order chi connectivity index (χ0) is 16.8. The topological polar surface area (TPSA) is 83.1 Å². The predicted molar refractivity (Wildman–Crippen MR) is 95.5 cm³/mol. The minimum atomic E-state index is -0.753. The molecule has 0 fully saturated rings. The molecule has 0 aliphatic heterocycles. The minimum absolute atomic E-state index is 0.387. The van der Waals surface area contributed by atoms with Gasteiger partial charge in [-0.15, -0.1) is 11.3 Å². The van der Waals surface area contributed by atoms with Crippen LogP contribution in [0.4, 0.5) is 22.2 Å². The van der Waals surface area contributed by atoms with Gasteiger partial charge in [-0.25, -0.2) is 4.98 Å². The molecule has 0 aliphatic rings. The lowest BCUT2D eigenvalue weighted by Crippen LogP contribution is -2.28. The van der Waals surface area contributed by atoms with E-state index in [1.54, 1.807) is 23.7 Å². The lowest BCUT2D eigenvalue weighted by Gasteiger charge is -2.08. The fourth-order valence-electron chi connectivity index (χ4n) is 1.95. The van der Waals surface area contributed by atoms with E-state index >= 15 is 0 Å². The van der Waals surface area contributed by atoms with Crippen LogP contribution in [0.5, 0.6) is 0 Å². The van der Waals surface area contributed by atoms with Crippen molar-refractivity contribution in [1.29, 1.82) is 0 Å². The molecule has 0 radical (unpaired) electrons. The third kappa shape index (κ3) is 4.17. The molecule has 0 saturated heterocycles. The Bertz CT molecular complexity index is 818. The summed E-state index contributed by atoms with van der Waals surface area (Å²) < 4.78 is 0. The number of nitrogens with one attached hydrogen (secondary N) is 3. The summed E-state index contributed by atoms with van der Waals surface area (Å²) in [5.74, 6) is -1.49. The SMILES string of the molecule is O=C(Nc1ccc(Nc2ccccc2)cc1)C(=O)Nc1nccs1. The second kappa shape index (κ2) is 7.38. The molecule has 120 valence electrons. The van der Waals surface area contributed by atoms with Gasteiger partial charge in [0.15, 0.2) is 5.13 Å². The highest BCUT2D eigenvalue weighted by atomic mass is 32.1. The summed E-state index contributed by atoms with van der Waals surface area (Å²) in [5.41, 5.74) is 2.39. The van der Waals surface area contributed by atoms with Gasteiger partial charge < -0.3 is 10.6 Å². The van der Waals surface area contributed by atoms with E-state index in [0.29, 0.717) is 10.8 Å². The number of hydrogen-bond acceptors (Lipinski definition) is 5. The average molecular weight is 338 g/mol. The van der Waals surface area contributed by atoms with Crippen molar-refractivity contribution in [1.82, 2.24) is 4.98 Å². The fraction of sp³-hybridized carbons (Fsp3) is 0. The summed E-state index contributed by atoms with van der Waals surface area (Å²) in [7, 11) is 0. The highest BCUT2D eigenvalue weighted by Crippen LogP contribution is 2.18. The van der Waals surface area contributed by atoms with E-state index in [0.717, 1.165) is 11.4 Å². The van der Waals surface area contributed by atoms with Gasteiger partial charge in [-0.05, 0) is 36.4 Å². The Kier molecular flexibility index (Phi) is 4.83. The molecule has 0 unspecified atom stereocenters. The Balaban J connectivity index is 1.57. The van der Waals surface area contributed by atoms with Crippen LogP contribution in [-0.4, -0.2) is 16.8 Å². The van der Waals surface area contributed by atoms with E-state index < -0.39 is 11.8 Å². The van der Waals surface area contributed by atoms with Gasteiger partial charge in [-0.1, -0.05) is 18.2 Å². The summed E-state index contributed by atoms with van der Waals surface area (Å²) in [5, 5.41) is 10.3. The molecule has 3 rings (SSSR count). The zero-order valence-electron chi connectivity index (χ0n) is 12.5. The van der Waals surface area contributed by atoms with Crippen molar-refractivity contribution in [2.24, 2.45) is 0 Å². The molecule has 1 heterocycles.